The molecular formula is C20H27N3O2. The topological polar surface area (TPSA) is 63.5 Å². The molecule has 2 aromatic heterocycles. The number of aromatic nitrogens is 2. The van der Waals surface area contributed by atoms with Crippen LogP contribution in [0.4, 0.5) is 0 Å². The Balaban J connectivity index is 1.68. The van der Waals surface area contributed by atoms with Crippen molar-refractivity contribution in [2.45, 2.75) is 58.9 Å². The molecule has 0 atom stereocenters. The summed E-state index contributed by atoms with van der Waals surface area (Å²) in [6.45, 7) is 6.91. The van der Waals surface area contributed by atoms with Crippen molar-refractivity contribution >= 4 is 11.6 Å². The van der Waals surface area contributed by atoms with E-state index in [0.717, 1.165) is 25.7 Å². The summed E-state index contributed by atoms with van der Waals surface area (Å²) in [7, 11) is 0. The van der Waals surface area contributed by atoms with Crippen LogP contribution in [-0.2, 0) is 0 Å². The highest BCUT2D eigenvalue weighted by Gasteiger charge is 2.32. The molecule has 0 radical (unpaired) electrons. The predicted molar refractivity (Wildman–Crippen MR) is 98.7 cm³/mol. The lowest BCUT2D eigenvalue weighted by Crippen LogP contribution is -2.41. The molecule has 0 aliphatic heterocycles. The van der Waals surface area contributed by atoms with Crippen LogP contribution >= 0.6 is 0 Å². The zero-order valence-electron chi connectivity index (χ0n) is 15.3. The standard InChI is InChI=1S/C20H27N3O2/c1-4-20(2,3)14-8-10-15(11-9-14)22-18(24)16-13-21-17-7-5-6-12-23(17)19(16)25/h5-7,12-15H,4,8-11H2,1-3H3,(H,22,24). The zero-order chi connectivity index (χ0) is 18.0. The first kappa shape index (κ1) is 17.6. The Morgan fingerprint density at radius 3 is 2.68 bits per heavy atom. The Kier molecular flexibility index (Phi) is 4.93. The second-order valence-electron chi connectivity index (χ2n) is 7.77. The third kappa shape index (κ3) is 3.60. The normalized spacial score (nSPS) is 21.2. The molecule has 3 rings (SSSR count). The lowest BCUT2D eigenvalue weighted by Gasteiger charge is -2.39. The van der Waals surface area contributed by atoms with Crippen LogP contribution in [0.15, 0.2) is 35.4 Å². The minimum atomic E-state index is -0.316. The Hall–Kier alpha value is -2.17. The van der Waals surface area contributed by atoms with Gasteiger partial charge >= 0.3 is 0 Å². The zero-order valence-corrected chi connectivity index (χ0v) is 15.3. The molecule has 0 unspecified atom stereocenters. The summed E-state index contributed by atoms with van der Waals surface area (Å²) >= 11 is 0. The summed E-state index contributed by atoms with van der Waals surface area (Å²) in [5.41, 5.74) is 0.700. The molecule has 2 aromatic rings. The molecule has 25 heavy (non-hydrogen) atoms. The summed E-state index contributed by atoms with van der Waals surface area (Å²) in [4.78, 5) is 29.3. The molecule has 1 saturated carbocycles. The number of carbonyl (C=O) groups excluding carboxylic acids is 1. The molecule has 1 amide bonds. The fraction of sp³-hybridized carbons (Fsp3) is 0.550. The van der Waals surface area contributed by atoms with E-state index in [2.05, 4.69) is 31.1 Å². The second-order valence-corrected chi connectivity index (χ2v) is 7.77. The van der Waals surface area contributed by atoms with Crippen molar-refractivity contribution in [3.8, 4) is 0 Å². The fourth-order valence-electron chi connectivity index (χ4n) is 3.75. The van der Waals surface area contributed by atoms with Gasteiger partial charge in [-0.25, -0.2) is 4.98 Å². The molecule has 0 saturated heterocycles. The van der Waals surface area contributed by atoms with Gasteiger partial charge in [0.1, 0.15) is 11.2 Å². The SMILES string of the molecule is CCC(C)(C)C1CCC(NC(=O)c2cnc3ccccn3c2=O)CC1. The highest BCUT2D eigenvalue weighted by atomic mass is 16.2. The molecule has 1 N–H and O–H groups in total. The lowest BCUT2D eigenvalue weighted by atomic mass is 9.69. The van der Waals surface area contributed by atoms with Gasteiger partial charge in [0.25, 0.3) is 11.5 Å². The van der Waals surface area contributed by atoms with Crippen molar-refractivity contribution in [3.05, 3.63) is 46.5 Å². The number of fused-ring (bicyclic) bond motifs is 1. The summed E-state index contributed by atoms with van der Waals surface area (Å²) in [5.74, 6) is 0.396. The van der Waals surface area contributed by atoms with E-state index in [9.17, 15) is 9.59 Å². The van der Waals surface area contributed by atoms with E-state index < -0.39 is 0 Å². The van der Waals surface area contributed by atoms with E-state index in [0.29, 0.717) is 17.0 Å². The van der Waals surface area contributed by atoms with Crippen molar-refractivity contribution in [3.63, 3.8) is 0 Å². The van der Waals surface area contributed by atoms with Gasteiger partial charge in [0, 0.05) is 18.4 Å². The van der Waals surface area contributed by atoms with Crippen LogP contribution in [0.5, 0.6) is 0 Å². The minimum absolute atomic E-state index is 0.111. The summed E-state index contributed by atoms with van der Waals surface area (Å²) in [6, 6.07) is 5.47. The predicted octanol–water partition coefficient (Wildman–Crippen LogP) is 3.42. The van der Waals surface area contributed by atoms with E-state index >= 15 is 0 Å². The van der Waals surface area contributed by atoms with E-state index in [1.54, 1.807) is 18.3 Å². The number of hydrogen-bond donors (Lipinski definition) is 1. The molecule has 1 aliphatic rings. The van der Waals surface area contributed by atoms with Crippen molar-refractivity contribution in [1.82, 2.24) is 14.7 Å². The lowest BCUT2D eigenvalue weighted by molar-refractivity contribution is 0.0891. The quantitative estimate of drug-likeness (QED) is 0.927. The molecule has 0 bridgehead atoms. The van der Waals surface area contributed by atoms with Crippen LogP contribution in [0.2, 0.25) is 0 Å². The fourth-order valence-corrected chi connectivity index (χ4v) is 3.75. The van der Waals surface area contributed by atoms with Crippen molar-refractivity contribution in [2.75, 3.05) is 0 Å². The van der Waals surface area contributed by atoms with Gasteiger partial charge < -0.3 is 5.32 Å². The number of hydrogen-bond acceptors (Lipinski definition) is 3. The molecular weight excluding hydrogens is 314 g/mol. The molecule has 0 spiro atoms. The van der Waals surface area contributed by atoms with Gasteiger partial charge in [0.2, 0.25) is 0 Å². The van der Waals surface area contributed by atoms with Gasteiger partial charge in [0.05, 0.1) is 0 Å². The number of nitrogens with zero attached hydrogens (tertiary/aromatic N) is 2. The van der Waals surface area contributed by atoms with Crippen molar-refractivity contribution < 1.29 is 4.79 Å². The summed E-state index contributed by atoms with van der Waals surface area (Å²) in [5, 5.41) is 3.04. The van der Waals surface area contributed by atoms with Crippen LogP contribution in [0.25, 0.3) is 5.65 Å². The Morgan fingerprint density at radius 1 is 1.28 bits per heavy atom. The highest BCUT2D eigenvalue weighted by Crippen LogP contribution is 2.40. The third-order valence-corrected chi connectivity index (χ3v) is 5.94. The Morgan fingerprint density at radius 2 is 2.00 bits per heavy atom. The second kappa shape index (κ2) is 6.98. The van der Waals surface area contributed by atoms with E-state index in [1.165, 1.54) is 17.0 Å². The number of carbonyl (C=O) groups is 1. The third-order valence-electron chi connectivity index (χ3n) is 5.94. The number of rotatable bonds is 4. The monoisotopic (exact) mass is 341 g/mol. The van der Waals surface area contributed by atoms with Crippen LogP contribution in [0, 0.1) is 11.3 Å². The first-order valence-electron chi connectivity index (χ1n) is 9.19. The number of amides is 1. The van der Waals surface area contributed by atoms with Gasteiger partial charge in [-0.1, -0.05) is 33.3 Å². The summed E-state index contributed by atoms with van der Waals surface area (Å²) < 4.78 is 1.41. The van der Waals surface area contributed by atoms with E-state index in [1.807, 2.05) is 6.07 Å². The van der Waals surface area contributed by atoms with Crippen LogP contribution in [-0.4, -0.2) is 21.3 Å². The van der Waals surface area contributed by atoms with Gasteiger partial charge in [0.15, 0.2) is 0 Å². The maximum Gasteiger partial charge on any atom is 0.270 e. The average molecular weight is 341 g/mol. The van der Waals surface area contributed by atoms with Gasteiger partial charge in [-0.2, -0.15) is 0 Å². The number of pyridine rings is 1. The number of nitrogens with one attached hydrogen (secondary N) is 1. The van der Waals surface area contributed by atoms with Crippen LogP contribution in [0.3, 0.4) is 0 Å². The molecule has 1 aliphatic carbocycles. The maximum absolute atomic E-state index is 12.5. The van der Waals surface area contributed by atoms with Crippen LogP contribution < -0.4 is 10.9 Å². The smallest absolute Gasteiger partial charge is 0.270 e. The Bertz CT molecular complexity index is 817. The molecule has 5 nitrogen and oxygen atoms in total. The largest absolute Gasteiger partial charge is 0.349 e. The molecule has 5 heteroatoms. The maximum atomic E-state index is 12.5. The van der Waals surface area contributed by atoms with Crippen LogP contribution in [0.1, 0.15) is 63.2 Å². The van der Waals surface area contributed by atoms with E-state index in [4.69, 9.17) is 0 Å². The highest BCUT2D eigenvalue weighted by molar-refractivity contribution is 5.93. The molecule has 134 valence electrons. The van der Waals surface area contributed by atoms with Gasteiger partial charge in [-0.3, -0.25) is 14.0 Å². The average Bonchev–Trinajstić information content (AvgIpc) is 2.62. The first-order valence-corrected chi connectivity index (χ1v) is 9.19. The van der Waals surface area contributed by atoms with Crippen molar-refractivity contribution in [2.24, 2.45) is 11.3 Å². The van der Waals surface area contributed by atoms with Gasteiger partial charge in [-0.15, -0.1) is 0 Å². The van der Waals surface area contributed by atoms with E-state index in [-0.39, 0.29) is 23.1 Å². The molecule has 2 heterocycles. The minimum Gasteiger partial charge on any atom is -0.349 e. The van der Waals surface area contributed by atoms with Gasteiger partial charge in [-0.05, 0) is 49.1 Å². The molecule has 0 aromatic carbocycles. The summed E-state index contributed by atoms with van der Waals surface area (Å²) in [6.07, 6.45) is 8.40. The molecule has 1 fully saturated rings. The first-order chi connectivity index (χ1) is 11.9. The Labute approximate surface area is 148 Å². The van der Waals surface area contributed by atoms with Crippen molar-refractivity contribution in [1.29, 1.82) is 0 Å².